The van der Waals surface area contributed by atoms with E-state index in [-0.39, 0.29) is 30.4 Å². The SMILES string of the molecule is O=C(C1CCCOC1c1ccccc1)N1C[C@H]2COCC[C@@]2(C(=O)O)C1. The summed E-state index contributed by atoms with van der Waals surface area (Å²) in [5, 5.41) is 9.82. The minimum Gasteiger partial charge on any atom is -0.481 e. The lowest BCUT2D eigenvalue weighted by Gasteiger charge is -2.35. The van der Waals surface area contributed by atoms with Crippen LogP contribution >= 0.6 is 0 Å². The van der Waals surface area contributed by atoms with Gasteiger partial charge in [0.05, 0.1) is 24.0 Å². The second-order valence-electron chi connectivity index (χ2n) is 7.65. The number of carboxylic acid groups (broad SMARTS) is 1. The van der Waals surface area contributed by atoms with Gasteiger partial charge in [0, 0.05) is 32.2 Å². The molecule has 1 N–H and O–H groups in total. The van der Waals surface area contributed by atoms with Crippen LogP contribution in [0.3, 0.4) is 0 Å². The third kappa shape index (κ3) is 2.91. The maximum Gasteiger partial charge on any atom is 0.311 e. The van der Waals surface area contributed by atoms with Gasteiger partial charge in [-0.2, -0.15) is 0 Å². The van der Waals surface area contributed by atoms with Gasteiger partial charge in [-0.3, -0.25) is 9.59 Å². The Hall–Kier alpha value is -1.92. The van der Waals surface area contributed by atoms with Crippen molar-refractivity contribution in [2.75, 3.05) is 32.9 Å². The van der Waals surface area contributed by atoms with E-state index in [4.69, 9.17) is 9.47 Å². The first-order chi connectivity index (χ1) is 12.6. The molecule has 3 aliphatic heterocycles. The van der Waals surface area contributed by atoms with Crippen molar-refractivity contribution in [1.82, 2.24) is 4.90 Å². The van der Waals surface area contributed by atoms with Gasteiger partial charge in [-0.25, -0.2) is 0 Å². The average Bonchev–Trinajstić information content (AvgIpc) is 3.09. The summed E-state index contributed by atoms with van der Waals surface area (Å²) in [5.74, 6) is -1.16. The second-order valence-corrected chi connectivity index (χ2v) is 7.65. The van der Waals surface area contributed by atoms with Crippen molar-refractivity contribution in [3.8, 4) is 0 Å². The summed E-state index contributed by atoms with van der Waals surface area (Å²) < 4.78 is 11.5. The molecule has 0 aromatic heterocycles. The van der Waals surface area contributed by atoms with E-state index in [0.717, 1.165) is 18.4 Å². The number of carbonyl (C=O) groups excluding carboxylic acids is 1. The second kappa shape index (κ2) is 7.00. The number of amides is 1. The van der Waals surface area contributed by atoms with Gasteiger partial charge in [0.25, 0.3) is 0 Å². The Labute approximate surface area is 153 Å². The standard InChI is InChI=1S/C20H25NO5/c22-18(16-7-4-9-26-17(16)14-5-2-1-3-6-14)21-11-15-12-25-10-8-20(15,13-21)19(23)24/h1-3,5-6,15-17H,4,7-13H2,(H,23,24)/t15-,16?,17?,20+/m0/s1. The van der Waals surface area contributed by atoms with Crippen molar-refractivity contribution in [2.24, 2.45) is 17.3 Å². The molecule has 4 rings (SSSR count). The molecule has 3 fully saturated rings. The normalized spacial score (nSPS) is 34.3. The summed E-state index contributed by atoms with van der Waals surface area (Å²) >= 11 is 0. The van der Waals surface area contributed by atoms with Crippen LogP contribution in [-0.2, 0) is 19.1 Å². The molecule has 0 aliphatic carbocycles. The van der Waals surface area contributed by atoms with Crippen LogP contribution in [-0.4, -0.2) is 54.8 Å². The Balaban J connectivity index is 1.56. The summed E-state index contributed by atoms with van der Waals surface area (Å²) in [6.45, 7) is 2.26. The summed E-state index contributed by atoms with van der Waals surface area (Å²) in [5.41, 5.74) is 0.157. The van der Waals surface area contributed by atoms with Gasteiger partial charge in [0.2, 0.25) is 5.91 Å². The molecule has 6 nitrogen and oxygen atoms in total. The highest BCUT2D eigenvalue weighted by Crippen LogP contribution is 2.44. The lowest BCUT2D eigenvalue weighted by Crippen LogP contribution is -2.45. The maximum absolute atomic E-state index is 13.3. The molecule has 1 amide bonds. The number of likely N-dealkylation sites (tertiary alicyclic amines) is 1. The van der Waals surface area contributed by atoms with Crippen LogP contribution in [0.5, 0.6) is 0 Å². The van der Waals surface area contributed by atoms with Crippen LogP contribution in [0, 0.1) is 17.3 Å². The Morgan fingerprint density at radius 3 is 2.73 bits per heavy atom. The molecule has 26 heavy (non-hydrogen) atoms. The van der Waals surface area contributed by atoms with Crippen LogP contribution in [0.1, 0.15) is 30.9 Å². The molecule has 0 radical (unpaired) electrons. The molecular formula is C20H25NO5. The van der Waals surface area contributed by atoms with Crippen molar-refractivity contribution in [1.29, 1.82) is 0 Å². The highest BCUT2D eigenvalue weighted by Gasteiger charge is 2.55. The third-order valence-electron chi connectivity index (χ3n) is 6.21. The maximum atomic E-state index is 13.3. The molecule has 0 bridgehead atoms. The van der Waals surface area contributed by atoms with Crippen LogP contribution in [0.4, 0.5) is 0 Å². The zero-order valence-corrected chi connectivity index (χ0v) is 14.8. The number of rotatable bonds is 3. The molecule has 140 valence electrons. The molecule has 3 aliphatic rings. The minimum atomic E-state index is -0.855. The van der Waals surface area contributed by atoms with Gasteiger partial charge >= 0.3 is 5.97 Å². The Bertz CT molecular complexity index is 678. The first-order valence-electron chi connectivity index (χ1n) is 9.38. The van der Waals surface area contributed by atoms with Crippen LogP contribution in [0.25, 0.3) is 0 Å². The molecule has 6 heteroatoms. The first-order valence-corrected chi connectivity index (χ1v) is 9.38. The number of fused-ring (bicyclic) bond motifs is 1. The zero-order valence-electron chi connectivity index (χ0n) is 14.8. The summed E-state index contributed by atoms with van der Waals surface area (Å²) in [6.07, 6.45) is 1.84. The number of nitrogens with zero attached hydrogens (tertiary/aromatic N) is 1. The number of carboxylic acids is 1. The molecule has 1 aromatic rings. The molecule has 4 atom stereocenters. The zero-order chi connectivity index (χ0) is 18.1. The van der Waals surface area contributed by atoms with E-state index >= 15 is 0 Å². The lowest BCUT2D eigenvalue weighted by molar-refractivity contribution is -0.157. The van der Waals surface area contributed by atoms with Gasteiger partial charge in [-0.15, -0.1) is 0 Å². The number of ether oxygens (including phenoxy) is 2. The fourth-order valence-corrected chi connectivity index (χ4v) is 4.71. The number of hydrogen-bond acceptors (Lipinski definition) is 4. The molecule has 2 unspecified atom stereocenters. The van der Waals surface area contributed by atoms with Crippen molar-refractivity contribution in [2.45, 2.75) is 25.4 Å². The molecule has 0 saturated carbocycles. The molecule has 3 heterocycles. The highest BCUT2D eigenvalue weighted by molar-refractivity contribution is 5.83. The number of hydrogen-bond donors (Lipinski definition) is 1. The topological polar surface area (TPSA) is 76.1 Å². The van der Waals surface area contributed by atoms with E-state index in [0.29, 0.717) is 32.8 Å². The van der Waals surface area contributed by atoms with Crippen LogP contribution < -0.4 is 0 Å². The fourth-order valence-electron chi connectivity index (χ4n) is 4.71. The third-order valence-corrected chi connectivity index (χ3v) is 6.21. The van der Waals surface area contributed by atoms with E-state index in [2.05, 4.69) is 0 Å². The molecular weight excluding hydrogens is 334 g/mol. The Morgan fingerprint density at radius 1 is 1.19 bits per heavy atom. The predicted octanol–water partition coefficient (Wildman–Crippen LogP) is 2.10. The average molecular weight is 359 g/mol. The fraction of sp³-hybridized carbons (Fsp3) is 0.600. The lowest BCUT2D eigenvalue weighted by atomic mass is 9.74. The van der Waals surface area contributed by atoms with Gasteiger partial charge in [0.1, 0.15) is 0 Å². The van der Waals surface area contributed by atoms with Crippen LogP contribution in [0.15, 0.2) is 30.3 Å². The van der Waals surface area contributed by atoms with E-state index in [1.165, 1.54) is 0 Å². The molecule has 3 saturated heterocycles. The first kappa shape index (κ1) is 17.5. The predicted molar refractivity (Wildman–Crippen MR) is 93.4 cm³/mol. The van der Waals surface area contributed by atoms with Gasteiger partial charge in [0.15, 0.2) is 0 Å². The van der Waals surface area contributed by atoms with E-state index in [1.807, 2.05) is 30.3 Å². The van der Waals surface area contributed by atoms with Crippen LogP contribution in [0.2, 0.25) is 0 Å². The molecule has 1 aromatic carbocycles. The smallest absolute Gasteiger partial charge is 0.311 e. The quantitative estimate of drug-likeness (QED) is 0.894. The van der Waals surface area contributed by atoms with E-state index in [9.17, 15) is 14.7 Å². The number of aliphatic carboxylic acids is 1. The summed E-state index contributed by atoms with van der Waals surface area (Å²) in [4.78, 5) is 27.0. The van der Waals surface area contributed by atoms with E-state index < -0.39 is 11.4 Å². The van der Waals surface area contributed by atoms with Crippen molar-refractivity contribution in [3.63, 3.8) is 0 Å². The van der Waals surface area contributed by atoms with Gasteiger partial charge in [-0.1, -0.05) is 30.3 Å². The van der Waals surface area contributed by atoms with Gasteiger partial charge in [-0.05, 0) is 24.8 Å². The minimum absolute atomic E-state index is 0.0218. The summed E-state index contributed by atoms with van der Waals surface area (Å²) in [6, 6.07) is 9.84. The van der Waals surface area contributed by atoms with Crippen molar-refractivity contribution < 1.29 is 24.2 Å². The van der Waals surface area contributed by atoms with Crippen molar-refractivity contribution >= 4 is 11.9 Å². The number of benzene rings is 1. The molecule has 0 spiro atoms. The summed E-state index contributed by atoms with van der Waals surface area (Å²) in [7, 11) is 0. The Morgan fingerprint density at radius 2 is 2.00 bits per heavy atom. The Kier molecular flexibility index (Phi) is 4.71. The monoisotopic (exact) mass is 359 g/mol. The number of carbonyl (C=O) groups is 2. The van der Waals surface area contributed by atoms with Gasteiger partial charge < -0.3 is 19.5 Å². The van der Waals surface area contributed by atoms with Crippen molar-refractivity contribution in [3.05, 3.63) is 35.9 Å². The largest absolute Gasteiger partial charge is 0.481 e. The highest BCUT2D eigenvalue weighted by atomic mass is 16.5. The van der Waals surface area contributed by atoms with E-state index in [1.54, 1.807) is 4.90 Å².